The van der Waals surface area contributed by atoms with E-state index in [2.05, 4.69) is 15.0 Å². The second-order valence-electron chi connectivity index (χ2n) is 4.43. The molecular formula is C13H10F6N2OS. The lowest BCUT2D eigenvalue weighted by Gasteiger charge is -2.10. The standard InChI is InChI=1S/C13H10F6N2OS/c14-12(15,16)7-22-9-3-1-2-8(4-9)5-20-11-21-6-10(23-11)13(17,18)19/h1-4,6H,5,7H2,(H,20,21). The van der Waals surface area contributed by atoms with E-state index in [1.807, 2.05) is 0 Å². The Bertz CT molecular complexity index is 652. The Balaban J connectivity index is 1.94. The van der Waals surface area contributed by atoms with Crippen LogP contribution in [0.15, 0.2) is 30.5 Å². The van der Waals surface area contributed by atoms with E-state index in [1.54, 1.807) is 6.07 Å². The molecule has 0 saturated carbocycles. The number of rotatable bonds is 5. The summed E-state index contributed by atoms with van der Waals surface area (Å²) in [5, 5.41) is 2.75. The minimum Gasteiger partial charge on any atom is -0.484 e. The van der Waals surface area contributed by atoms with Crippen LogP contribution in [0.1, 0.15) is 10.4 Å². The van der Waals surface area contributed by atoms with Crippen LogP contribution in [-0.4, -0.2) is 17.8 Å². The predicted molar refractivity (Wildman–Crippen MR) is 72.4 cm³/mol. The molecule has 3 nitrogen and oxygen atoms in total. The summed E-state index contributed by atoms with van der Waals surface area (Å²) in [4.78, 5) is 2.76. The van der Waals surface area contributed by atoms with E-state index in [9.17, 15) is 26.3 Å². The number of aromatic nitrogens is 1. The highest BCUT2D eigenvalue weighted by Crippen LogP contribution is 2.35. The van der Waals surface area contributed by atoms with Gasteiger partial charge in [0.1, 0.15) is 10.6 Å². The van der Waals surface area contributed by atoms with Gasteiger partial charge in [0.2, 0.25) is 0 Å². The first-order valence-corrected chi connectivity index (χ1v) is 7.00. The molecule has 23 heavy (non-hydrogen) atoms. The van der Waals surface area contributed by atoms with Gasteiger partial charge >= 0.3 is 12.4 Å². The number of thiazole rings is 1. The first kappa shape index (κ1) is 17.4. The van der Waals surface area contributed by atoms with Crippen molar-refractivity contribution in [3.05, 3.63) is 40.9 Å². The Morgan fingerprint density at radius 3 is 2.48 bits per heavy atom. The number of anilines is 1. The molecule has 126 valence electrons. The van der Waals surface area contributed by atoms with E-state index in [0.29, 0.717) is 16.9 Å². The van der Waals surface area contributed by atoms with Gasteiger partial charge in [0.15, 0.2) is 11.7 Å². The number of ether oxygens (including phenoxy) is 1. The fourth-order valence-corrected chi connectivity index (χ4v) is 2.25. The predicted octanol–water partition coefficient (Wildman–Crippen LogP) is 4.72. The van der Waals surface area contributed by atoms with Crippen molar-refractivity contribution in [2.24, 2.45) is 0 Å². The van der Waals surface area contributed by atoms with Gasteiger partial charge in [-0.15, -0.1) is 0 Å². The molecule has 1 heterocycles. The summed E-state index contributed by atoms with van der Waals surface area (Å²) in [6, 6.07) is 5.83. The maximum Gasteiger partial charge on any atom is 0.427 e. The second-order valence-corrected chi connectivity index (χ2v) is 5.46. The van der Waals surface area contributed by atoms with E-state index in [0.717, 1.165) is 6.20 Å². The Kier molecular flexibility index (Phi) is 5.03. The zero-order chi connectivity index (χ0) is 17.1. The van der Waals surface area contributed by atoms with Crippen molar-refractivity contribution >= 4 is 16.5 Å². The molecule has 0 amide bonds. The van der Waals surface area contributed by atoms with Gasteiger partial charge in [-0.2, -0.15) is 26.3 Å². The number of hydrogen-bond acceptors (Lipinski definition) is 4. The Hall–Kier alpha value is -1.97. The largest absolute Gasteiger partial charge is 0.484 e. The average molecular weight is 356 g/mol. The van der Waals surface area contributed by atoms with E-state index in [1.165, 1.54) is 18.2 Å². The van der Waals surface area contributed by atoms with Gasteiger partial charge in [-0.05, 0) is 17.7 Å². The molecule has 1 N–H and O–H groups in total. The molecule has 0 radical (unpaired) electrons. The quantitative estimate of drug-likeness (QED) is 0.788. The van der Waals surface area contributed by atoms with Crippen molar-refractivity contribution in [2.75, 3.05) is 11.9 Å². The summed E-state index contributed by atoms with van der Waals surface area (Å²) in [5.74, 6) is 0.0248. The molecule has 2 aromatic rings. The van der Waals surface area contributed by atoms with Crippen molar-refractivity contribution in [3.63, 3.8) is 0 Å². The molecule has 0 aliphatic carbocycles. The van der Waals surface area contributed by atoms with Crippen LogP contribution in [0, 0.1) is 0 Å². The lowest BCUT2D eigenvalue weighted by Crippen LogP contribution is -2.19. The molecule has 2 rings (SSSR count). The number of halogens is 6. The zero-order valence-corrected chi connectivity index (χ0v) is 12.1. The normalized spacial score (nSPS) is 12.3. The van der Waals surface area contributed by atoms with Crippen molar-refractivity contribution in [1.29, 1.82) is 0 Å². The Labute approximate surface area is 130 Å². The van der Waals surface area contributed by atoms with Gasteiger partial charge in [0.25, 0.3) is 0 Å². The van der Waals surface area contributed by atoms with Crippen LogP contribution in [0.2, 0.25) is 0 Å². The van der Waals surface area contributed by atoms with E-state index < -0.39 is 23.8 Å². The van der Waals surface area contributed by atoms with E-state index >= 15 is 0 Å². The minimum absolute atomic E-state index is 0.0248. The highest BCUT2D eigenvalue weighted by Gasteiger charge is 2.33. The summed E-state index contributed by atoms with van der Waals surface area (Å²) in [5.41, 5.74) is 0.549. The molecule has 1 aromatic heterocycles. The Morgan fingerprint density at radius 2 is 1.87 bits per heavy atom. The maximum atomic E-state index is 12.4. The number of alkyl halides is 6. The van der Waals surface area contributed by atoms with Gasteiger partial charge in [-0.25, -0.2) is 4.98 Å². The number of hydrogen-bond donors (Lipinski definition) is 1. The molecule has 10 heteroatoms. The summed E-state index contributed by atoms with van der Waals surface area (Å²) < 4.78 is 78.1. The van der Waals surface area contributed by atoms with Gasteiger partial charge in [-0.1, -0.05) is 23.5 Å². The summed E-state index contributed by atoms with van der Waals surface area (Å²) in [7, 11) is 0. The number of nitrogens with zero attached hydrogens (tertiary/aromatic N) is 1. The highest BCUT2D eigenvalue weighted by atomic mass is 32.1. The Morgan fingerprint density at radius 1 is 1.13 bits per heavy atom. The highest BCUT2D eigenvalue weighted by molar-refractivity contribution is 7.15. The van der Waals surface area contributed by atoms with Gasteiger partial charge < -0.3 is 10.1 Å². The van der Waals surface area contributed by atoms with Crippen molar-refractivity contribution < 1.29 is 31.1 Å². The molecule has 0 bridgehead atoms. The average Bonchev–Trinajstić information content (AvgIpc) is 2.92. The van der Waals surface area contributed by atoms with Crippen LogP contribution in [0.4, 0.5) is 31.5 Å². The van der Waals surface area contributed by atoms with Gasteiger partial charge in [0.05, 0.1) is 6.20 Å². The SMILES string of the molecule is FC(F)(F)COc1cccc(CNc2ncc(C(F)(F)F)s2)c1. The van der Waals surface area contributed by atoms with Crippen LogP contribution in [0.3, 0.4) is 0 Å². The summed E-state index contributed by atoms with van der Waals surface area (Å²) >= 11 is 0.450. The zero-order valence-electron chi connectivity index (χ0n) is 11.3. The fourth-order valence-electron chi connectivity index (χ4n) is 1.57. The lowest BCUT2D eigenvalue weighted by molar-refractivity contribution is -0.153. The fraction of sp³-hybridized carbons (Fsp3) is 0.308. The molecule has 0 aliphatic rings. The monoisotopic (exact) mass is 356 g/mol. The van der Waals surface area contributed by atoms with E-state index in [4.69, 9.17) is 0 Å². The van der Waals surface area contributed by atoms with Crippen molar-refractivity contribution in [2.45, 2.75) is 18.9 Å². The lowest BCUT2D eigenvalue weighted by atomic mass is 10.2. The van der Waals surface area contributed by atoms with Crippen LogP contribution >= 0.6 is 11.3 Å². The molecule has 0 aliphatic heterocycles. The van der Waals surface area contributed by atoms with Crippen molar-refractivity contribution in [1.82, 2.24) is 4.98 Å². The van der Waals surface area contributed by atoms with Crippen molar-refractivity contribution in [3.8, 4) is 5.75 Å². The summed E-state index contributed by atoms with van der Waals surface area (Å²) in [6.07, 6.45) is -8.18. The van der Waals surface area contributed by atoms with Gasteiger partial charge in [-0.3, -0.25) is 0 Å². The summed E-state index contributed by atoms with van der Waals surface area (Å²) in [6.45, 7) is -1.31. The molecule has 0 spiro atoms. The second kappa shape index (κ2) is 6.65. The third kappa shape index (κ3) is 5.62. The third-order valence-electron chi connectivity index (χ3n) is 2.53. The van der Waals surface area contributed by atoms with E-state index in [-0.39, 0.29) is 17.4 Å². The first-order chi connectivity index (χ1) is 10.6. The van der Waals surface area contributed by atoms with Crippen LogP contribution in [0.25, 0.3) is 0 Å². The third-order valence-corrected chi connectivity index (χ3v) is 3.53. The van der Waals surface area contributed by atoms with Crippen LogP contribution in [-0.2, 0) is 12.7 Å². The molecule has 0 fully saturated rings. The topological polar surface area (TPSA) is 34.1 Å². The number of nitrogens with one attached hydrogen (secondary N) is 1. The molecule has 1 aromatic carbocycles. The molecular weight excluding hydrogens is 346 g/mol. The minimum atomic E-state index is -4.46. The molecule has 0 atom stereocenters. The van der Waals surface area contributed by atoms with Crippen LogP contribution in [0.5, 0.6) is 5.75 Å². The van der Waals surface area contributed by atoms with Crippen LogP contribution < -0.4 is 10.1 Å². The number of benzene rings is 1. The molecule has 0 saturated heterocycles. The smallest absolute Gasteiger partial charge is 0.427 e. The maximum absolute atomic E-state index is 12.4. The molecule has 0 unspecified atom stereocenters. The first-order valence-electron chi connectivity index (χ1n) is 6.19. The van der Waals surface area contributed by atoms with Gasteiger partial charge in [0, 0.05) is 6.54 Å².